The lowest BCUT2D eigenvalue weighted by atomic mass is 10.3. The molecule has 3 rings (SSSR count). The number of hydrogen-bond acceptors (Lipinski definition) is 6. The molecule has 3 aromatic rings. The van der Waals surface area contributed by atoms with Crippen molar-refractivity contribution < 1.29 is 17.9 Å². The molecule has 0 aliphatic carbocycles. The van der Waals surface area contributed by atoms with Crippen LogP contribution >= 0.6 is 11.3 Å². The number of nitrogens with one attached hydrogen (secondary N) is 1. The van der Waals surface area contributed by atoms with E-state index in [1.807, 2.05) is 0 Å². The van der Waals surface area contributed by atoms with Crippen molar-refractivity contribution in [1.82, 2.24) is 4.98 Å². The minimum absolute atomic E-state index is 0.0576. The van der Waals surface area contributed by atoms with Crippen LogP contribution in [0.3, 0.4) is 0 Å². The molecule has 140 valence electrons. The monoisotopic (exact) mass is 403 g/mol. The maximum Gasteiger partial charge on any atom is 0.265 e. The number of amides is 1. The molecule has 1 N–H and O–H groups in total. The lowest BCUT2D eigenvalue weighted by Gasteiger charge is -2.18. The van der Waals surface area contributed by atoms with Gasteiger partial charge in [0, 0.05) is 18.6 Å². The number of methoxy groups -OCH3 is 1. The van der Waals surface area contributed by atoms with Gasteiger partial charge in [-0.05, 0) is 42.5 Å². The van der Waals surface area contributed by atoms with Crippen LogP contribution in [0, 0.1) is 0 Å². The fraction of sp³-hybridized carbons (Fsp3) is 0.111. The Morgan fingerprint density at radius 3 is 2.59 bits per heavy atom. The molecule has 0 bridgehead atoms. The van der Waals surface area contributed by atoms with Crippen molar-refractivity contribution in [2.45, 2.75) is 4.90 Å². The SMILES string of the molecule is COc1ccc(N(C)S(=O)(=O)c2csc(C(=O)Nc3cccnc3)c2)cc1. The number of nitrogens with zero attached hydrogens (tertiary/aromatic N) is 2. The molecular weight excluding hydrogens is 386 g/mol. The molecule has 2 aromatic heterocycles. The van der Waals surface area contributed by atoms with E-state index in [4.69, 9.17) is 4.74 Å². The summed E-state index contributed by atoms with van der Waals surface area (Å²) < 4.78 is 31.9. The number of thiophene rings is 1. The van der Waals surface area contributed by atoms with Crippen LogP contribution in [0.2, 0.25) is 0 Å². The van der Waals surface area contributed by atoms with Crippen LogP contribution in [0.1, 0.15) is 9.67 Å². The normalized spacial score (nSPS) is 11.0. The van der Waals surface area contributed by atoms with E-state index in [-0.39, 0.29) is 10.8 Å². The van der Waals surface area contributed by atoms with Crippen molar-refractivity contribution in [2.24, 2.45) is 0 Å². The summed E-state index contributed by atoms with van der Waals surface area (Å²) in [6, 6.07) is 11.4. The first kappa shape index (κ1) is 18.9. The van der Waals surface area contributed by atoms with Gasteiger partial charge in [-0.1, -0.05) is 0 Å². The number of hydrogen-bond donors (Lipinski definition) is 1. The summed E-state index contributed by atoms with van der Waals surface area (Å²) in [6.07, 6.45) is 3.11. The summed E-state index contributed by atoms with van der Waals surface area (Å²) in [4.78, 5) is 16.6. The zero-order valence-corrected chi connectivity index (χ0v) is 16.3. The maximum absolute atomic E-state index is 12.8. The minimum Gasteiger partial charge on any atom is -0.497 e. The van der Waals surface area contributed by atoms with Crippen LogP contribution in [-0.4, -0.2) is 33.5 Å². The molecule has 1 amide bonds. The Balaban J connectivity index is 1.80. The molecular formula is C18H17N3O4S2. The third-order valence-corrected chi connectivity index (χ3v) is 6.65. The predicted molar refractivity (Wildman–Crippen MR) is 105 cm³/mol. The molecule has 0 aliphatic rings. The molecule has 7 nitrogen and oxygen atoms in total. The van der Waals surface area contributed by atoms with E-state index in [1.54, 1.807) is 49.7 Å². The fourth-order valence-corrected chi connectivity index (χ4v) is 4.64. The molecule has 0 saturated carbocycles. The first-order valence-corrected chi connectivity index (χ1v) is 10.2. The molecule has 0 spiro atoms. The Bertz CT molecular complexity index is 1030. The summed E-state index contributed by atoms with van der Waals surface area (Å²) >= 11 is 1.06. The van der Waals surface area contributed by atoms with Crippen molar-refractivity contribution in [3.05, 3.63) is 65.1 Å². The van der Waals surface area contributed by atoms with Gasteiger partial charge in [-0.2, -0.15) is 0 Å². The zero-order chi connectivity index (χ0) is 19.4. The van der Waals surface area contributed by atoms with E-state index in [9.17, 15) is 13.2 Å². The summed E-state index contributed by atoms with van der Waals surface area (Å²) in [5.74, 6) is 0.246. The molecule has 0 unspecified atom stereocenters. The van der Waals surface area contributed by atoms with Crippen LogP contribution in [-0.2, 0) is 10.0 Å². The average molecular weight is 403 g/mol. The van der Waals surface area contributed by atoms with Crippen molar-refractivity contribution >= 4 is 38.6 Å². The number of carbonyl (C=O) groups excluding carboxylic acids is 1. The lowest BCUT2D eigenvalue weighted by Crippen LogP contribution is -2.26. The highest BCUT2D eigenvalue weighted by Crippen LogP contribution is 2.27. The number of pyridine rings is 1. The van der Waals surface area contributed by atoms with E-state index in [0.717, 1.165) is 15.6 Å². The number of anilines is 2. The fourth-order valence-electron chi connectivity index (χ4n) is 2.29. The van der Waals surface area contributed by atoms with E-state index in [1.165, 1.54) is 24.7 Å². The van der Waals surface area contributed by atoms with Gasteiger partial charge in [0.05, 0.1) is 34.5 Å². The molecule has 1 aromatic carbocycles. The second kappa shape index (κ2) is 7.77. The highest BCUT2D eigenvalue weighted by atomic mass is 32.2. The first-order valence-electron chi connectivity index (χ1n) is 7.84. The zero-order valence-electron chi connectivity index (χ0n) is 14.6. The van der Waals surface area contributed by atoms with E-state index in [2.05, 4.69) is 10.3 Å². The van der Waals surface area contributed by atoms with E-state index in [0.29, 0.717) is 22.0 Å². The van der Waals surface area contributed by atoms with Gasteiger partial charge >= 0.3 is 0 Å². The number of rotatable bonds is 6. The van der Waals surface area contributed by atoms with E-state index >= 15 is 0 Å². The van der Waals surface area contributed by atoms with Gasteiger partial charge in [-0.25, -0.2) is 8.42 Å². The average Bonchev–Trinajstić information content (AvgIpc) is 3.19. The molecule has 0 aliphatic heterocycles. The number of aromatic nitrogens is 1. The number of carbonyl (C=O) groups is 1. The van der Waals surface area contributed by atoms with Gasteiger partial charge in [-0.15, -0.1) is 11.3 Å². The van der Waals surface area contributed by atoms with Crippen molar-refractivity contribution in [3.63, 3.8) is 0 Å². The third kappa shape index (κ3) is 4.09. The molecule has 0 radical (unpaired) electrons. The van der Waals surface area contributed by atoms with Gasteiger partial charge in [-0.3, -0.25) is 14.1 Å². The maximum atomic E-state index is 12.8. The van der Waals surface area contributed by atoms with Crippen LogP contribution in [0.5, 0.6) is 5.75 Å². The van der Waals surface area contributed by atoms with Gasteiger partial charge in [0.1, 0.15) is 5.75 Å². The summed E-state index contributed by atoms with van der Waals surface area (Å²) in [5.41, 5.74) is 1.03. The number of benzene rings is 1. The minimum atomic E-state index is -3.79. The van der Waals surface area contributed by atoms with E-state index < -0.39 is 10.0 Å². The van der Waals surface area contributed by atoms with Crippen LogP contribution in [0.15, 0.2) is 65.1 Å². The topological polar surface area (TPSA) is 88.6 Å². The molecule has 27 heavy (non-hydrogen) atoms. The van der Waals surface area contributed by atoms with Crippen molar-refractivity contribution in [2.75, 3.05) is 23.8 Å². The molecule has 2 heterocycles. The first-order chi connectivity index (χ1) is 12.9. The van der Waals surface area contributed by atoms with Gasteiger partial charge in [0.15, 0.2) is 0 Å². The molecule has 0 atom stereocenters. The standard InChI is InChI=1S/C18H17N3O4S2/c1-21(14-5-7-15(25-2)8-6-14)27(23,24)16-10-17(26-12-16)18(22)20-13-4-3-9-19-11-13/h3-12H,1-2H3,(H,20,22). The summed E-state index contributed by atoms with van der Waals surface area (Å²) in [7, 11) is -0.783. The van der Waals surface area contributed by atoms with Crippen molar-refractivity contribution in [3.8, 4) is 5.75 Å². The molecule has 0 fully saturated rings. The lowest BCUT2D eigenvalue weighted by molar-refractivity contribution is 0.103. The quantitative estimate of drug-likeness (QED) is 0.683. The Morgan fingerprint density at radius 2 is 1.96 bits per heavy atom. The Hall–Kier alpha value is -2.91. The number of ether oxygens (including phenoxy) is 1. The summed E-state index contributed by atoms with van der Waals surface area (Å²) in [6.45, 7) is 0. The van der Waals surface area contributed by atoms with Gasteiger partial charge < -0.3 is 10.1 Å². The van der Waals surface area contributed by atoms with Gasteiger partial charge in [0.2, 0.25) is 0 Å². The number of sulfonamides is 1. The molecule has 0 saturated heterocycles. The second-order valence-electron chi connectivity index (χ2n) is 5.51. The highest BCUT2D eigenvalue weighted by Gasteiger charge is 2.24. The second-order valence-corrected chi connectivity index (χ2v) is 8.39. The van der Waals surface area contributed by atoms with Crippen LogP contribution in [0.4, 0.5) is 11.4 Å². The highest BCUT2D eigenvalue weighted by molar-refractivity contribution is 7.93. The van der Waals surface area contributed by atoms with Crippen molar-refractivity contribution in [1.29, 1.82) is 0 Å². The van der Waals surface area contributed by atoms with Crippen LogP contribution < -0.4 is 14.4 Å². The Kier molecular flexibility index (Phi) is 5.43. The Labute approximate surface area is 161 Å². The Morgan fingerprint density at radius 1 is 1.22 bits per heavy atom. The van der Waals surface area contributed by atoms with Crippen LogP contribution in [0.25, 0.3) is 0 Å². The summed E-state index contributed by atoms with van der Waals surface area (Å²) in [5, 5.41) is 4.14. The smallest absolute Gasteiger partial charge is 0.265 e. The third-order valence-electron chi connectivity index (χ3n) is 3.81. The van der Waals surface area contributed by atoms with Gasteiger partial charge in [0.25, 0.3) is 15.9 Å². The molecule has 9 heteroatoms. The largest absolute Gasteiger partial charge is 0.497 e. The predicted octanol–water partition coefficient (Wildman–Crippen LogP) is 3.23.